The Labute approximate surface area is 101 Å². The third kappa shape index (κ3) is 3.48. The second-order valence-corrected chi connectivity index (χ2v) is 4.34. The minimum atomic E-state index is -1.01. The summed E-state index contributed by atoms with van der Waals surface area (Å²) in [7, 11) is 0. The molecule has 0 heterocycles. The van der Waals surface area contributed by atoms with Crippen molar-refractivity contribution < 1.29 is 13.9 Å². The molecule has 0 aliphatic carbocycles. The fourth-order valence-corrected chi connectivity index (χ4v) is 1.80. The van der Waals surface area contributed by atoms with Crippen molar-refractivity contribution in [2.24, 2.45) is 0 Å². The molecule has 0 amide bonds. The summed E-state index contributed by atoms with van der Waals surface area (Å²) in [4.78, 5) is 2.00. The van der Waals surface area contributed by atoms with Gasteiger partial charge in [-0.15, -0.1) is 0 Å². The highest BCUT2D eigenvalue weighted by Gasteiger charge is 2.19. The Balaban J connectivity index is 2.82. The molecule has 17 heavy (non-hydrogen) atoms. The first-order chi connectivity index (χ1) is 7.97. The molecule has 0 bridgehead atoms. The van der Waals surface area contributed by atoms with Crippen LogP contribution in [0.15, 0.2) is 18.2 Å². The second kappa shape index (κ2) is 6.07. The van der Waals surface area contributed by atoms with Gasteiger partial charge in [0, 0.05) is 18.2 Å². The first kappa shape index (κ1) is 14.1. The number of hydrogen-bond acceptors (Lipinski definition) is 2. The summed E-state index contributed by atoms with van der Waals surface area (Å²) in [6, 6.07) is 4.12. The van der Waals surface area contributed by atoms with E-state index in [1.54, 1.807) is 0 Å². The first-order valence-corrected chi connectivity index (χ1v) is 5.83. The third-order valence-electron chi connectivity index (χ3n) is 2.88. The zero-order valence-electron chi connectivity index (χ0n) is 10.5. The van der Waals surface area contributed by atoms with E-state index in [0.29, 0.717) is 6.54 Å². The van der Waals surface area contributed by atoms with Gasteiger partial charge in [0.05, 0.1) is 6.10 Å². The predicted octanol–water partition coefficient (Wildman–Crippen LogP) is 2.73. The third-order valence-corrected chi connectivity index (χ3v) is 2.88. The van der Waals surface area contributed by atoms with Crippen LogP contribution in [0.4, 0.5) is 8.78 Å². The minimum absolute atomic E-state index is 0.0177. The van der Waals surface area contributed by atoms with Gasteiger partial charge in [-0.2, -0.15) is 0 Å². The van der Waals surface area contributed by atoms with Gasteiger partial charge in [-0.25, -0.2) is 8.78 Å². The highest BCUT2D eigenvalue weighted by molar-refractivity contribution is 5.21. The van der Waals surface area contributed by atoms with Crippen molar-refractivity contribution in [1.82, 2.24) is 4.90 Å². The summed E-state index contributed by atoms with van der Waals surface area (Å²) in [6.07, 6.45) is -1.01. The summed E-state index contributed by atoms with van der Waals surface area (Å²) in [5.74, 6) is -1.88. The van der Waals surface area contributed by atoms with Crippen LogP contribution in [0.5, 0.6) is 0 Å². The van der Waals surface area contributed by atoms with Gasteiger partial charge >= 0.3 is 0 Å². The van der Waals surface area contributed by atoms with Crippen LogP contribution >= 0.6 is 0 Å². The van der Waals surface area contributed by atoms with E-state index in [4.69, 9.17) is 0 Å². The van der Waals surface area contributed by atoms with E-state index in [1.165, 1.54) is 12.1 Å². The van der Waals surface area contributed by atoms with Crippen LogP contribution in [0.1, 0.15) is 32.4 Å². The molecule has 96 valence electrons. The molecule has 0 aromatic heterocycles. The highest BCUT2D eigenvalue weighted by Crippen LogP contribution is 2.20. The van der Waals surface area contributed by atoms with Gasteiger partial charge in [-0.3, -0.25) is 4.90 Å². The molecule has 0 fully saturated rings. The van der Waals surface area contributed by atoms with Crippen LogP contribution in [0.3, 0.4) is 0 Å². The van der Waals surface area contributed by atoms with Crippen LogP contribution in [-0.4, -0.2) is 29.1 Å². The van der Waals surface area contributed by atoms with E-state index in [-0.39, 0.29) is 11.6 Å². The molecule has 0 saturated heterocycles. The lowest BCUT2D eigenvalue weighted by atomic mass is 10.1. The Morgan fingerprint density at radius 1 is 1.29 bits per heavy atom. The zero-order chi connectivity index (χ0) is 13.0. The molecule has 0 aliphatic rings. The number of rotatable bonds is 5. The summed E-state index contributed by atoms with van der Waals surface area (Å²) in [5, 5.41) is 9.93. The SMILES string of the molecule is CCN(CC(O)c1cccc(F)c1F)C(C)C. The highest BCUT2D eigenvalue weighted by atomic mass is 19.2. The maximum atomic E-state index is 13.5. The van der Waals surface area contributed by atoms with Gasteiger partial charge < -0.3 is 5.11 Å². The Bertz CT molecular complexity index is 368. The largest absolute Gasteiger partial charge is 0.387 e. The molecular formula is C13H19F2NO. The van der Waals surface area contributed by atoms with Gasteiger partial charge in [0.2, 0.25) is 0 Å². The van der Waals surface area contributed by atoms with E-state index in [9.17, 15) is 13.9 Å². The molecule has 1 aromatic carbocycles. The van der Waals surface area contributed by atoms with Crippen LogP contribution < -0.4 is 0 Å². The molecule has 2 nitrogen and oxygen atoms in total. The molecule has 1 aromatic rings. The molecular weight excluding hydrogens is 224 g/mol. The van der Waals surface area contributed by atoms with Crippen LogP contribution in [0.25, 0.3) is 0 Å². The Morgan fingerprint density at radius 3 is 2.47 bits per heavy atom. The summed E-state index contributed by atoms with van der Waals surface area (Å²) >= 11 is 0. The molecule has 1 atom stereocenters. The normalized spacial score (nSPS) is 13.4. The van der Waals surface area contributed by atoms with Gasteiger partial charge in [-0.1, -0.05) is 19.1 Å². The van der Waals surface area contributed by atoms with Gasteiger partial charge in [0.1, 0.15) is 0 Å². The molecule has 1 N–H and O–H groups in total. The standard InChI is InChI=1S/C13H19F2NO/c1-4-16(9(2)3)8-12(17)10-6-5-7-11(14)13(10)15/h5-7,9,12,17H,4,8H2,1-3H3. The topological polar surface area (TPSA) is 23.5 Å². The van der Waals surface area contributed by atoms with E-state index >= 15 is 0 Å². The van der Waals surface area contributed by atoms with Crippen molar-refractivity contribution >= 4 is 0 Å². The van der Waals surface area contributed by atoms with Crippen molar-refractivity contribution in [3.8, 4) is 0 Å². The quantitative estimate of drug-likeness (QED) is 0.859. The fourth-order valence-electron chi connectivity index (χ4n) is 1.80. The van der Waals surface area contributed by atoms with E-state index in [1.807, 2.05) is 25.7 Å². The average molecular weight is 243 g/mol. The summed E-state index contributed by atoms with van der Waals surface area (Å²) < 4.78 is 26.5. The lowest BCUT2D eigenvalue weighted by Gasteiger charge is -2.27. The van der Waals surface area contributed by atoms with Gasteiger partial charge in [0.25, 0.3) is 0 Å². The van der Waals surface area contributed by atoms with E-state index in [2.05, 4.69) is 0 Å². The molecule has 1 rings (SSSR count). The minimum Gasteiger partial charge on any atom is -0.387 e. The average Bonchev–Trinajstić information content (AvgIpc) is 2.28. The van der Waals surface area contributed by atoms with Crippen molar-refractivity contribution in [1.29, 1.82) is 0 Å². The Morgan fingerprint density at radius 2 is 1.94 bits per heavy atom. The first-order valence-electron chi connectivity index (χ1n) is 5.83. The van der Waals surface area contributed by atoms with Crippen molar-refractivity contribution in [3.05, 3.63) is 35.4 Å². The number of aliphatic hydroxyl groups is 1. The monoisotopic (exact) mass is 243 g/mol. The molecule has 0 radical (unpaired) electrons. The van der Waals surface area contributed by atoms with Crippen molar-refractivity contribution in [2.45, 2.75) is 32.9 Å². The number of hydrogen-bond donors (Lipinski definition) is 1. The molecule has 0 spiro atoms. The zero-order valence-corrected chi connectivity index (χ0v) is 10.5. The number of nitrogens with zero attached hydrogens (tertiary/aromatic N) is 1. The van der Waals surface area contributed by atoms with Crippen LogP contribution in [0, 0.1) is 11.6 Å². The smallest absolute Gasteiger partial charge is 0.164 e. The lowest BCUT2D eigenvalue weighted by Crippen LogP contribution is -2.34. The van der Waals surface area contributed by atoms with Gasteiger partial charge in [-0.05, 0) is 26.5 Å². The van der Waals surface area contributed by atoms with Crippen LogP contribution in [0.2, 0.25) is 0 Å². The van der Waals surface area contributed by atoms with Gasteiger partial charge in [0.15, 0.2) is 11.6 Å². The Kier molecular flexibility index (Phi) is 5.02. The number of likely N-dealkylation sites (N-methyl/N-ethyl adjacent to an activating group) is 1. The molecule has 0 aliphatic heterocycles. The second-order valence-electron chi connectivity index (χ2n) is 4.34. The number of aliphatic hydroxyl groups excluding tert-OH is 1. The van der Waals surface area contributed by atoms with E-state index in [0.717, 1.165) is 12.6 Å². The molecule has 0 saturated carbocycles. The van der Waals surface area contributed by atoms with Crippen molar-refractivity contribution in [3.63, 3.8) is 0 Å². The predicted molar refractivity (Wildman–Crippen MR) is 63.7 cm³/mol. The molecule has 4 heteroatoms. The summed E-state index contributed by atoms with van der Waals surface area (Å²) in [5.41, 5.74) is 0.0177. The maximum Gasteiger partial charge on any atom is 0.164 e. The Hall–Kier alpha value is -1.00. The number of benzene rings is 1. The number of halogens is 2. The fraction of sp³-hybridized carbons (Fsp3) is 0.538. The van der Waals surface area contributed by atoms with E-state index < -0.39 is 17.7 Å². The van der Waals surface area contributed by atoms with Crippen molar-refractivity contribution in [2.75, 3.05) is 13.1 Å². The van der Waals surface area contributed by atoms with Crippen LogP contribution in [-0.2, 0) is 0 Å². The molecule has 1 unspecified atom stereocenters. The maximum absolute atomic E-state index is 13.5. The lowest BCUT2D eigenvalue weighted by molar-refractivity contribution is 0.0959. The summed E-state index contributed by atoms with van der Waals surface area (Å²) in [6.45, 7) is 7.02.